The molecule has 0 bridgehead atoms. The Morgan fingerprint density at radius 1 is 0.868 bits per heavy atom. The van der Waals surface area contributed by atoms with E-state index in [1.165, 1.54) is 0 Å². The minimum atomic E-state index is -0.249. The SMILES string of the molecule is COc1ccccc1C(=O)Nc1cccc(-c2cc3c(o2)CCN(C(=O)c2cccc4ccccc24)C3)c1. The molecule has 1 aromatic heterocycles. The minimum absolute atomic E-state index is 0.0243. The van der Waals surface area contributed by atoms with Gasteiger partial charge in [-0.25, -0.2) is 0 Å². The molecule has 0 spiro atoms. The zero-order chi connectivity index (χ0) is 26.1. The number of anilines is 1. The number of hydrogen-bond acceptors (Lipinski definition) is 4. The second-order valence-electron chi connectivity index (χ2n) is 9.30. The van der Waals surface area contributed by atoms with Gasteiger partial charge in [0.2, 0.25) is 0 Å². The van der Waals surface area contributed by atoms with Crippen LogP contribution in [0.2, 0.25) is 0 Å². The molecule has 0 unspecified atom stereocenters. The highest BCUT2D eigenvalue weighted by atomic mass is 16.5. The van der Waals surface area contributed by atoms with Crippen LogP contribution < -0.4 is 10.1 Å². The molecule has 0 fully saturated rings. The van der Waals surface area contributed by atoms with E-state index in [1.807, 2.05) is 83.8 Å². The van der Waals surface area contributed by atoms with Crippen molar-refractivity contribution >= 4 is 28.3 Å². The number of amides is 2. The van der Waals surface area contributed by atoms with Gasteiger partial charge in [-0.1, -0.05) is 60.7 Å². The van der Waals surface area contributed by atoms with E-state index >= 15 is 0 Å². The Balaban J connectivity index is 1.21. The molecule has 0 saturated heterocycles. The topological polar surface area (TPSA) is 71.8 Å². The standard InChI is InChI=1S/C32H26N2O4/c1-37-29-15-5-4-13-27(29)31(35)33-24-11-6-10-22(18-24)30-19-23-20-34(17-16-28(23)38-30)32(36)26-14-7-9-21-8-2-3-12-25(21)26/h2-15,18-19H,16-17,20H2,1H3,(H,33,35). The van der Waals surface area contributed by atoms with Gasteiger partial charge in [-0.05, 0) is 47.2 Å². The molecule has 6 rings (SSSR count). The third-order valence-corrected chi connectivity index (χ3v) is 6.93. The summed E-state index contributed by atoms with van der Waals surface area (Å²) in [6.07, 6.45) is 0.649. The normalized spacial score (nSPS) is 12.7. The molecule has 188 valence electrons. The molecule has 2 amide bonds. The molecule has 0 radical (unpaired) electrons. The average molecular weight is 503 g/mol. The van der Waals surface area contributed by atoms with Crippen molar-refractivity contribution in [2.24, 2.45) is 0 Å². The van der Waals surface area contributed by atoms with Gasteiger partial charge in [0, 0.05) is 41.9 Å². The fraction of sp³-hybridized carbons (Fsp3) is 0.125. The Kier molecular flexibility index (Phi) is 6.14. The number of nitrogens with one attached hydrogen (secondary N) is 1. The molecule has 2 heterocycles. The summed E-state index contributed by atoms with van der Waals surface area (Å²) in [4.78, 5) is 28.2. The number of hydrogen-bond donors (Lipinski definition) is 1. The highest BCUT2D eigenvalue weighted by Crippen LogP contribution is 2.32. The molecule has 0 atom stereocenters. The molecule has 38 heavy (non-hydrogen) atoms. The van der Waals surface area contributed by atoms with Gasteiger partial charge in [-0.2, -0.15) is 0 Å². The van der Waals surface area contributed by atoms with Gasteiger partial charge in [0.05, 0.1) is 12.7 Å². The van der Waals surface area contributed by atoms with Crippen molar-refractivity contribution in [3.05, 3.63) is 120 Å². The van der Waals surface area contributed by atoms with Crippen LogP contribution in [0.4, 0.5) is 5.69 Å². The number of carbonyl (C=O) groups is 2. The van der Waals surface area contributed by atoms with E-state index in [-0.39, 0.29) is 11.8 Å². The predicted octanol–water partition coefficient (Wildman–Crippen LogP) is 6.56. The largest absolute Gasteiger partial charge is 0.496 e. The molecule has 0 aliphatic carbocycles. The maximum absolute atomic E-state index is 13.5. The summed E-state index contributed by atoms with van der Waals surface area (Å²) in [5.41, 5.74) is 3.69. The molecule has 0 saturated carbocycles. The molecule has 6 nitrogen and oxygen atoms in total. The maximum Gasteiger partial charge on any atom is 0.259 e. The van der Waals surface area contributed by atoms with Crippen LogP contribution in [0, 0.1) is 0 Å². The summed E-state index contributed by atoms with van der Waals surface area (Å²) >= 11 is 0. The van der Waals surface area contributed by atoms with Crippen LogP contribution >= 0.6 is 0 Å². The number of carbonyl (C=O) groups excluding carboxylic acids is 2. The molecule has 1 aliphatic rings. The van der Waals surface area contributed by atoms with E-state index in [4.69, 9.17) is 9.15 Å². The summed E-state index contributed by atoms with van der Waals surface area (Å²) < 4.78 is 11.5. The summed E-state index contributed by atoms with van der Waals surface area (Å²) in [5.74, 6) is 1.90. The summed E-state index contributed by atoms with van der Waals surface area (Å²) in [7, 11) is 1.54. The highest BCUT2D eigenvalue weighted by molar-refractivity contribution is 6.07. The zero-order valence-electron chi connectivity index (χ0n) is 20.9. The summed E-state index contributed by atoms with van der Waals surface area (Å²) in [6.45, 7) is 1.09. The molecular weight excluding hydrogens is 476 g/mol. The van der Waals surface area contributed by atoms with Gasteiger partial charge in [-0.15, -0.1) is 0 Å². The van der Waals surface area contributed by atoms with Gasteiger partial charge >= 0.3 is 0 Å². The lowest BCUT2D eigenvalue weighted by molar-refractivity contribution is 0.0732. The van der Waals surface area contributed by atoms with E-state index in [0.717, 1.165) is 27.7 Å². The molecule has 6 heteroatoms. The lowest BCUT2D eigenvalue weighted by Crippen LogP contribution is -2.35. The fourth-order valence-electron chi connectivity index (χ4n) is 5.01. The van der Waals surface area contributed by atoms with Gasteiger partial charge in [-0.3, -0.25) is 9.59 Å². The first-order chi connectivity index (χ1) is 18.6. The minimum Gasteiger partial charge on any atom is -0.496 e. The van der Waals surface area contributed by atoms with Crippen molar-refractivity contribution in [2.75, 3.05) is 19.0 Å². The number of furan rings is 1. The first-order valence-corrected chi connectivity index (χ1v) is 12.5. The number of benzene rings is 4. The Labute approximate surface area is 220 Å². The monoisotopic (exact) mass is 502 g/mol. The van der Waals surface area contributed by atoms with E-state index in [0.29, 0.717) is 47.8 Å². The van der Waals surface area contributed by atoms with Crippen LogP contribution in [0.15, 0.2) is 101 Å². The number of methoxy groups -OCH3 is 1. The van der Waals surface area contributed by atoms with E-state index in [1.54, 1.807) is 25.3 Å². The zero-order valence-corrected chi connectivity index (χ0v) is 20.9. The molecular formula is C32H26N2O4. The third-order valence-electron chi connectivity index (χ3n) is 6.93. The number of fused-ring (bicyclic) bond motifs is 2. The predicted molar refractivity (Wildman–Crippen MR) is 147 cm³/mol. The van der Waals surface area contributed by atoms with Crippen LogP contribution in [0.5, 0.6) is 5.75 Å². The molecule has 4 aromatic carbocycles. The average Bonchev–Trinajstić information content (AvgIpc) is 3.40. The first kappa shape index (κ1) is 23.6. The highest BCUT2D eigenvalue weighted by Gasteiger charge is 2.26. The van der Waals surface area contributed by atoms with Crippen molar-refractivity contribution in [3.63, 3.8) is 0 Å². The number of rotatable bonds is 5. The van der Waals surface area contributed by atoms with Gasteiger partial charge in [0.25, 0.3) is 11.8 Å². The quantitative estimate of drug-likeness (QED) is 0.295. The van der Waals surface area contributed by atoms with Gasteiger partial charge < -0.3 is 19.4 Å². The van der Waals surface area contributed by atoms with E-state index in [9.17, 15) is 9.59 Å². The Morgan fingerprint density at radius 3 is 2.53 bits per heavy atom. The number of ether oxygens (including phenoxy) is 1. The molecule has 1 N–H and O–H groups in total. The Bertz CT molecular complexity index is 1660. The molecule has 5 aromatic rings. The summed E-state index contributed by atoms with van der Waals surface area (Å²) in [6, 6.07) is 30.5. The number of para-hydroxylation sites is 1. The van der Waals surface area contributed by atoms with Gasteiger partial charge in [0.15, 0.2) is 0 Å². The second-order valence-corrected chi connectivity index (χ2v) is 9.30. The number of nitrogens with zero attached hydrogens (tertiary/aromatic N) is 1. The lowest BCUT2D eigenvalue weighted by Gasteiger charge is -2.26. The van der Waals surface area contributed by atoms with E-state index < -0.39 is 0 Å². The fourth-order valence-corrected chi connectivity index (χ4v) is 5.01. The van der Waals surface area contributed by atoms with Crippen molar-refractivity contribution < 1.29 is 18.7 Å². The van der Waals surface area contributed by atoms with Crippen molar-refractivity contribution in [2.45, 2.75) is 13.0 Å². The van der Waals surface area contributed by atoms with Crippen LogP contribution in [0.3, 0.4) is 0 Å². The smallest absolute Gasteiger partial charge is 0.259 e. The van der Waals surface area contributed by atoms with Crippen LogP contribution in [0.25, 0.3) is 22.1 Å². The van der Waals surface area contributed by atoms with Crippen LogP contribution in [-0.4, -0.2) is 30.4 Å². The first-order valence-electron chi connectivity index (χ1n) is 12.5. The third kappa shape index (κ3) is 4.41. The van der Waals surface area contributed by atoms with Crippen LogP contribution in [0.1, 0.15) is 32.0 Å². The van der Waals surface area contributed by atoms with Crippen molar-refractivity contribution in [1.82, 2.24) is 4.90 Å². The van der Waals surface area contributed by atoms with Gasteiger partial charge in [0.1, 0.15) is 17.3 Å². The van der Waals surface area contributed by atoms with Crippen LogP contribution in [-0.2, 0) is 13.0 Å². The Morgan fingerprint density at radius 2 is 1.63 bits per heavy atom. The lowest BCUT2D eigenvalue weighted by atomic mass is 10.0. The second kappa shape index (κ2) is 9.90. The summed E-state index contributed by atoms with van der Waals surface area (Å²) in [5, 5.41) is 4.96. The maximum atomic E-state index is 13.5. The molecule has 1 aliphatic heterocycles. The van der Waals surface area contributed by atoms with E-state index in [2.05, 4.69) is 5.32 Å². The van der Waals surface area contributed by atoms with Crippen molar-refractivity contribution in [3.8, 4) is 17.1 Å². The Hall–Kier alpha value is -4.84. The van der Waals surface area contributed by atoms with Crippen molar-refractivity contribution in [1.29, 1.82) is 0 Å².